The number of carboxylic acids is 2. The number of rotatable bonds is 13. The molecule has 0 heterocycles. The van der Waals surface area contributed by atoms with Crippen LogP contribution < -0.4 is 69.3 Å². The summed E-state index contributed by atoms with van der Waals surface area (Å²) in [5.41, 5.74) is 0. The predicted octanol–water partition coefficient (Wildman–Crippen LogP) is -4.81. The van der Waals surface area contributed by atoms with Gasteiger partial charge in [0.15, 0.2) is 0 Å². The van der Waals surface area contributed by atoms with Crippen molar-refractivity contribution in [1.82, 2.24) is 0 Å². The minimum absolute atomic E-state index is 0. The van der Waals surface area contributed by atoms with E-state index < -0.39 is 24.8 Å². The average Bonchev–Trinajstić information content (AvgIpc) is 2.44. The molecule has 0 saturated carbocycles. The van der Waals surface area contributed by atoms with E-state index in [0.717, 1.165) is 0 Å². The van der Waals surface area contributed by atoms with Crippen molar-refractivity contribution in [2.45, 2.75) is 84.0 Å². The molecule has 0 aromatic carbocycles. The molecule has 0 amide bonds. The Labute approximate surface area is 191 Å². The van der Waals surface area contributed by atoms with Crippen LogP contribution in [0.25, 0.3) is 0 Å². The number of carboxylic acid groups (broad SMARTS) is 2. The fourth-order valence-electron chi connectivity index (χ4n) is 1.82. The monoisotopic (exact) mass is 365 g/mol. The van der Waals surface area contributed by atoms with Gasteiger partial charge in [0.1, 0.15) is 5.75 Å². The van der Waals surface area contributed by atoms with Crippen molar-refractivity contribution in [2.75, 3.05) is 5.75 Å². The van der Waals surface area contributed by atoms with E-state index in [0.29, 0.717) is 0 Å². The Morgan fingerprint density at radius 3 is 1.26 bits per heavy atom. The molecule has 0 aromatic rings. The van der Waals surface area contributed by atoms with E-state index in [2.05, 4.69) is 19.6 Å². The van der Waals surface area contributed by atoms with Crippen LogP contribution in [0, 0.1) is 0 Å². The number of unbranched alkanes of at least 4 members (excludes halogenated alkanes) is 9. The second-order valence-corrected chi connectivity index (χ2v) is 5.68. The molecular weight excluding hydrogens is 334 g/mol. The third-order valence-corrected chi connectivity index (χ3v) is 3.42. The molecule has 0 spiro atoms. The van der Waals surface area contributed by atoms with Gasteiger partial charge in [0.2, 0.25) is 0 Å². The SMILES string of the molecule is CCCCCCCCCCCC[SH2+].O=C([O-])CCC(=O)[O-].[Na+].[Na+]. The Morgan fingerprint density at radius 1 is 0.696 bits per heavy atom. The molecule has 0 rings (SSSR count). The van der Waals surface area contributed by atoms with E-state index in [1.165, 1.54) is 70.0 Å². The molecule has 0 saturated heterocycles. The van der Waals surface area contributed by atoms with Gasteiger partial charge in [-0.1, -0.05) is 58.3 Å². The Balaban J connectivity index is -0.000000158. The van der Waals surface area contributed by atoms with E-state index in [-0.39, 0.29) is 59.1 Å². The smallest absolute Gasteiger partial charge is 0.550 e. The molecule has 0 fully saturated rings. The molecular formula is C16H31Na2O4S+. The van der Waals surface area contributed by atoms with Crippen LogP contribution in [0.15, 0.2) is 0 Å². The van der Waals surface area contributed by atoms with Crippen LogP contribution in [-0.2, 0) is 22.2 Å². The molecule has 0 bridgehead atoms. The fourth-order valence-corrected chi connectivity index (χ4v) is 2.07. The predicted molar refractivity (Wildman–Crippen MR) is 86.1 cm³/mol. The number of carbonyl (C=O) groups excluding carboxylic acids is 2. The largest absolute Gasteiger partial charge is 1.00 e. The Morgan fingerprint density at radius 2 is 1.00 bits per heavy atom. The number of hydrogen-bond donors (Lipinski definition) is 0. The van der Waals surface area contributed by atoms with Crippen molar-refractivity contribution in [3.63, 3.8) is 0 Å². The molecule has 7 heteroatoms. The zero-order valence-electron chi connectivity index (χ0n) is 15.3. The summed E-state index contributed by atoms with van der Waals surface area (Å²) >= 11 is 3.50. The summed E-state index contributed by atoms with van der Waals surface area (Å²) in [7, 11) is 0. The van der Waals surface area contributed by atoms with Crippen molar-refractivity contribution < 1.29 is 78.9 Å². The number of aliphatic carboxylic acids is 2. The van der Waals surface area contributed by atoms with Crippen LogP contribution in [0.3, 0.4) is 0 Å². The average molecular weight is 365 g/mol. The van der Waals surface area contributed by atoms with Crippen LogP contribution in [0.2, 0.25) is 0 Å². The summed E-state index contributed by atoms with van der Waals surface area (Å²) in [4.78, 5) is 19.0. The van der Waals surface area contributed by atoms with E-state index in [1.807, 2.05) is 0 Å². The number of hydrogen-bond acceptors (Lipinski definition) is 4. The second-order valence-electron chi connectivity index (χ2n) is 5.18. The van der Waals surface area contributed by atoms with Gasteiger partial charge in [-0.05, 0) is 38.3 Å². The van der Waals surface area contributed by atoms with Gasteiger partial charge in [0.25, 0.3) is 0 Å². The molecule has 0 aliphatic heterocycles. The summed E-state index contributed by atoms with van der Waals surface area (Å²) in [6, 6.07) is 0. The third-order valence-electron chi connectivity index (χ3n) is 3.06. The van der Waals surface area contributed by atoms with Crippen molar-refractivity contribution in [3.05, 3.63) is 0 Å². The first-order valence-corrected chi connectivity index (χ1v) is 8.79. The first-order valence-electron chi connectivity index (χ1n) is 8.08. The molecule has 0 atom stereocenters. The first-order chi connectivity index (χ1) is 10.0. The van der Waals surface area contributed by atoms with E-state index >= 15 is 0 Å². The zero-order chi connectivity index (χ0) is 16.3. The molecule has 0 aliphatic carbocycles. The van der Waals surface area contributed by atoms with Gasteiger partial charge in [0, 0.05) is 11.9 Å². The third kappa shape index (κ3) is 39.8. The summed E-state index contributed by atoms with van der Waals surface area (Å²) in [6.07, 6.45) is 13.4. The van der Waals surface area contributed by atoms with Gasteiger partial charge in [-0.25, -0.2) is 0 Å². The Hall–Kier alpha value is 1.29. The standard InChI is InChI=1S/C12H26S.C4H6O4.2Na/c1-2-3-4-5-6-7-8-9-10-11-12-13;5-3(6)1-2-4(7)8;;/h13H,2-12H2,1H3;1-2H2,(H,5,6)(H,7,8);;/q;;2*+1/p-1. The van der Waals surface area contributed by atoms with Crippen LogP contribution in [0.5, 0.6) is 0 Å². The maximum absolute atomic E-state index is 9.50. The Bertz CT molecular complexity index is 230. The quantitative estimate of drug-likeness (QED) is 0.186. The molecule has 4 nitrogen and oxygen atoms in total. The number of carbonyl (C=O) groups is 2. The molecule has 0 N–H and O–H groups in total. The van der Waals surface area contributed by atoms with Crippen molar-refractivity contribution in [1.29, 1.82) is 0 Å². The van der Waals surface area contributed by atoms with Gasteiger partial charge in [0.05, 0.1) is 0 Å². The van der Waals surface area contributed by atoms with Crippen LogP contribution in [0.1, 0.15) is 84.0 Å². The zero-order valence-corrected chi connectivity index (χ0v) is 20.3. The van der Waals surface area contributed by atoms with E-state index in [9.17, 15) is 19.8 Å². The summed E-state index contributed by atoms with van der Waals surface area (Å²) in [5.74, 6) is -1.56. The van der Waals surface area contributed by atoms with Gasteiger partial charge >= 0.3 is 59.1 Å². The van der Waals surface area contributed by atoms with Gasteiger partial charge in [-0.3, -0.25) is 0 Å². The summed E-state index contributed by atoms with van der Waals surface area (Å²) in [5, 5.41) is 19.0. The van der Waals surface area contributed by atoms with Gasteiger partial charge < -0.3 is 19.8 Å². The van der Waals surface area contributed by atoms with Crippen molar-refractivity contribution in [2.24, 2.45) is 0 Å². The molecule has 0 radical (unpaired) electrons. The van der Waals surface area contributed by atoms with Crippen LogP contribution in [0.4, 0.5) is 0 Å². The normalized spacial score (nSPS) is 8.96. The van der Waals surface area contributed by atoms with Crippen LogP contribution >= 0.6 is 0 Å². The van der Waals surface area contributed by atoms with Crippen molar-refractivity contribution >= 4 is 24.6 Å². The maximum atomic E-state index is 9.50. The van der Waals surface area contributed by atoms with E-state index in [4.69, 9.17) is 0 Å². The van der Waals surface area contributed by atoms with Gasteiger partial charge in [-0.2, -0.15) is 0 Å². The molecule has 126 valence electrons. The molecule has 0 unspecified atom stereocenters. The topological polar surface area (TPSA) is 80.3 Å². The second kappa shape index (κ2) is 28.1. The van der Waals surface area contributed by atoms with Crippen molar-refractivity contribution in [3.8, 4) is 0 Å². The Kier molecular flexibility index (Phi) is 39.1. The summed E-state index contributed by atoms with van der Waals surface area (Å²) < 4.78 is 0. The summed E-state index contributed by atoms with van der Waals surface area (Å²) in [6.45, 7) is 2.28. The van der Waals surface area contributed by atoms with Gasteiger partial charge in [-0.15, -0.1) is 0 Å². The minimum Gasteiger partial charge on any atom is -0.550 e. The maximum Gasteiger partial charge on any atom is 1.00 e. The fraction of sp³-hybridized carbons (Fsp3) is 0.875. The minimum atomic E-state index is -1.37. The first kappa shape index (κ1) is 32.0. The van der Waals surface area contributed by atoms with Crippen LogP contribution in [-0.4, -0.2) is 17.7 Å². The molecule has 0 aliphatic rings. The molecule has 23 heavy (non-hydrogen) atoms. The molecule has 0 aromatic heterocycles. The van der Waals surface area contributed by atoms with E-state index in [1.54, 1.807) is 0 Å².